The van der Waals surface area contributed by atoms with Crippen molar-refractivity contribution in [2.75, 3.05) is 0 Å². The van der Waals surface area contributed by atoms with Crippen LogP contribution in [-0.2, 0) is 14.4 Å². The Hall–Kier alpha value is -1.49. The number of Topliss-reactive ketones (excluding diaryl/α,β-unsaturated/α-hetero) is 3. The Kier molecular flexibility index (Phi) is 4.14. The molecule has 3 rings (SSSR count). The Morgan fingerprint density at radius 2 is 1.78 bits per heavy atom. The summed E-state index contributed by atoms with van der Waals surface area (Å²) in [5.41, 5.74) is -4.18. The average molecular weight is 376 g/mol. The van der Waals surface area contributed by atoms with Crippen molar-refractivity contribution in [2.24, 2.45) is 34.0 Å². The molecule has 2 N–H and O–H groups in total. The summed E-state index contributed by atoms with van der Waals surface area (Å²) in [6, 6.07) is 0. The van der Waals surface area contributed by atoms with Gasteiger partial charge in [-0.1, -0.05) is 27.7 Å². The summed E-state index contributed by atoms with van der Waals surface area (Å²) in [6.45, 7) is 12.7. The van der Waals surface area contributed by atoms with Crippen molar-refractivity contribution < 1.29 is 24.6 Å². The third kappa shape index (κ3) is 2.24. The molecule has 2 fully saturated rings. The molecule has 0 heterocycles. The number of aliphatic hydroxyl groups excluding tert-OH is 1. The Labute approximate surface area is 161 Å². The van der Waals surface area contributed by atoms with Crippen LogP contribution in [0.15, 0.2) is 11.3 Å². The number of aliphatic hydroxyl groups is 2. The minimum absolute atomic E-state index is 0.166. The van der Waals surface area contributed by atoms with Gasteiger partial charge in [0.25, 0.3) is 0 Å². The summed E-state index contributed by atoms with van der Waals surface area (Å²) < 4.78 is 0. The number of ketones is 3. The van der Waals surface area contributed by atoms with E-state index in [1.807, 2.05) is 20.8 Å². The highest BCUT2D eigenvalue weighted by Crippen LogP contribution is 2.73. The Balaban J connectivity index is 2.27. The number of carbonyl (C=O) groups excluding carboxylic acids is 3. The molecule has 0 amide bonds. The van der Waals surface area contributed by atoms with Crippen molar-refractivity contribution in [3.8, 4) is 0 Å². The van der Waals surface area contributed by atoms with Crippen LogP contribution in [0, 0.1) is 34.0 Å². The van der Waals surface area contributed by atoms with Crippen molar-refractivity contribution >= 4 is 17.3 Å². The molecule has 150 valence electrons. The Morgan fingerprint density at radius 1 is 1.22 bits per heavy atom. The molecule has 0 aliphatic heterocycles. The van der Waals surface area contributed by atoms with Crippen molar-refractivity contribution in [3.05, 3.63) is 11.3 Å². The second-order valence-electron chi connectivity index (χ2n) is 10.3. The van der Waals surface area contributed by atoms with Gasteiger partial charge in [0.2, 0.25) is 0 Å². The van der Waals surface area contributed by atoms with Crippen molar-refractivity contribution in [2.45, 2.75) is 73.3 Å². The second kappa shape index (κ2) is 5.53. The molecule has 1 unspecified atom stereocenters. The molecule has 1 spiro atoms. The van der Waals surface area contributed by atoms with Crippen LogP contribution in [0.25, 0.3) is 0 Å². The lowest BCUT2D eigenvalue weighted by atomic mass is 9.64. The Bertz CT molecular complexity index is 768. The van der Waals surface area contributed by atoms with Crippen LogP contribution in [0.4, 0.5) is 0 Å². The number of allylic oxidation sites excluding steroid dienone is 2. The third-order valence-corrected chi connectivity index (χ3v) is 7.98. The van der Waals surface area contributed by atoms with Gasteiger partial charge < -0.3 is 10.2 Å². The van der Waals surface area contributed by atoms with Crippen LogP contribution in [0.1, 0.15) is 67.7 Å². The lowest BCUT2D eigenvalue weighted by Gasteiger charge is -2.40. The molecular formula is C22H32O5. The van der Waals surface area contributed by atoms with Crippen LogP contribution in [-0.4, -0.2) is 33.2 Å². The summed E-state index contributed by atoms with van der Waals surface area (Å²) in [7, 11) is 0. The van der Waals surface area contributed by atoms with Crippen LogP contribution >= 0.6 is 0 Å². The summed E-state index contributed by atoms with van der Waals surface area (Å²) in [5, 5.41) is 22.0. The van der Waals surface area contributed by atoms with E-state index in [1.54, 1.807) is 27.7 Å². The molecule has 2 saturated carbocycles. The molecule has 0 saturated heterocycles. The minimum atomic E-state index is -1.27. The topological polar surface area (TPSA) is 91.7 Å². The molecule has 2 bridgehead atoms. The maximum atomic E-state index is 13.5. The quantitative estimate of drug-likeness (QED) is 0.580. The van der Waals surface area contributed by atoms with Gasteiger partial charge in [0.1, 0.15) is 11.3 Å². The summed E-state index contributed by atoms with van der Waals surface area (Å²) in [5.74, 6) is -2.42. The van der Waals surface area contributed by atoms with Gasteiger partial charge in [-0.3, -0.25) is 14.4 Å². The molecule has 3 aliphatic rings. The van der Waals surface area contributed by atoms with Crippen LogP contribution in [0.3, 0.4) is 0 Å². The zero-order valence-electron chi connectivity index (χ0n) is 17.5. The number of hydrogen-bond donors (Lipinski definition) is 2. The number of carbonyl (C=O) groups is 3. The molecule has 0 aromatic carbocycles. The normalized spacial score (nSPS) is 39.0. The molecule has 3 aliphatic carbocycles. The van der Waals surface area contributed by atoms with Gasteiger partial charge in [-0.05, 0) is 57.3 Å². The van der Waals surface area contributed by atoms with Gasteiger partial charge in [-0.15, -0.1) is 0 Å². The molecule has 27 heavy (non-hydrogen) atoms. The highest BCUT2D eigenvalue weighted by molar-refractivity contribution is 6.32. The van der Waals surface area contributed by atoms with E-state index in [0.29, 0.717) is 12.8 Å². The average Bonchev–Trinajstić information content (AvgIpc) is 2.91. The van der Waals surface area contributed by atoms with E-state index in [-0.39, 0.29) is 41.2 Å². The predicted molar refractivity (Wildman–Crippen MR) is 101 cm³/mol. The van der Waals surface area contributed by atoms with Crippen molar-refractivity contribution in [1.29, 1.82) is 0 Å². The van der Waals surface area contributed by atoms with E-state index in [9.17, 15) is 24.6 Å². The molecule has 0 radical (unpaired) electrons. The molecule has 5 heteroatoms. The first-order valence-corrected chi connectivity index (χ1v) is 9.97. The predicted octanol–water partition coefficient (Wildman–Crippen LogP) is 3.40. The third-order valence-electron chi connectivity index (χ3n) is 7.98. The molecular weight excluding hydrogens is 344 g/mol. The fourth-order valence-electron chi connectivity index (χ4n) is 6.28. The van der Waals surface area contributed by atoms with Gasteiger partial charge in [-0.25, -0.2) is 0 Å². The van der Waals surface area contributed by atoms with Crippen molar-refractivity contribution in [3.63, 3.8) is 0 Å². The number of fused-ring (bicyclic) bond motifs is 1. The fraction of sp³-hybridized carbons (Fsp3) is 0.773. The standard InChI is InChI=1S/C22H32O5/c1-8-11(2)15(23)14-16(24)21(7)9-13-19(3,4)12(20(5,6)27)10-22(13,17(14)25)18(21)26/h11-13,25,27H,8-10H2,1-7H3/t11?,12-,13-,21+,22-/m0/s1. The minimum Gasteiger partial charge on any atom is -0.510 e. The van der Waals surface area contributed by atoms with E-state index in [0.717, 1.165) is 0 Å². The largest absolute Gasteiger partial charge is 0.510 e. The van der Waals surface area contributed by atoms with Gasteiger partial charge in [0.15, 0.2) is 17.3 Å². The van der Waals surface area contributed by atoms with Gasteiger partial charge in [-0.2, -0.15) is 0 Å². The maximum absolute atomic E-state index is 13.5. The van der Waals surface area contributed by atoms with Crippen molar-refractivity contribution in [1.82, 2.24) is 0 Å². The fourth-order valence-corrected chi connectivity index (χ4v) is 6.28. The molecule has 5 nitrogen and oxygen atoms in total. The van der Waals surface area contributed by atoms with E-state index in [1.165, 1.54) is 0 Å². The van der Waals surface area contributed by atoms with Gasteiger partial charge >= 0.3 is 0 Å². The number of hydrogen-bond acceptors (Lipinski definition) is 5. The zero-order valence-corrected chi connectivity index (χ0v) is 17.5. The first-order valence-electron chi connectivity index (χ1n) is 9.97. The van der Waals surface area contributed by atoms with Gasteiger partial charge in [0, 0.05) is 5.92 Å². The lowest BCUT2D eigenvalue weighted by molar-refractivity contribution is -0.143. The molecule has 5 atom stereocenters. The molecule has 0 aromatic rings. The highest BCUT2D eigenvalue weighted by Gasteiger charge is 2.77. The van der Waals surface area contributed by atoms with Crippen LogP contribution in [0.2, 0.25) is 0 Å². The van der Waals surface area contributed by atoms with E-state index in [2.05, 4.69) is 0 Å². The summed E-state index contributed by atoms with van der Waals surface area (Å²) in [6.07, 6.45) is 1.13. The highest BCUT2D eigenvalue weighted by atomic mass is 16.3. The van der Waals surface area contributed by atoms with Crippen LogP contribution < -0.4 is 0 Å². The number of rotatable bonds is 4. The Morgan fingerprint density at radius 3 is 2.26 bits per heavy atom. The van der Waals surface area contributed by atoms with Crippen LogP contribution in [0.5, 0.6) is 0 Å². The summed E-state index contributed by atoms with van der Waals surface area (Å²) in [4.78, 5) is 39.6. The maximum Gasteiger partial charge on any atom is 0.183 e. The SMILES string of the molecule is CCC(C)C(=O)C1=C(O)[C@]23C[C@H](C(C)(C)O)C(C)(C)[C@@H]2C[C@](C)(C1=O)C3=O. The van der Waals surface area contributed by atoms with Gasteiger partial charge in [0.05, 0.1) is 16.4 Å². The monoisotopic (exact) mass is 376 g/mol. The van der Waals surface area contributed by atoms with E-state index < -0.39 is 33.5 Å². The summed E-state index contributed by atoms with van der Waals surface area (Å²) >= 11 is 0. The zero-order chi connectivity index (χ0) is 20.7. The van der Waals surface area contributed by atoms with E-state index in [4.69, 9.17) is 0 Å². The first kappa shape index (κ1) is 20.2. The van der Waals surface area contributed by atoms with E-state index >= 15 is 0 Å². The molecule has 0 aromatic heterocycles. The second-order valence-corrected chi connectivity index (χ2v) is 10.3. The lowest BCUT2D eigenvalue weighted by Crippen LogP contribution is -2.49. The first-order chi connectivity index (χ1) is 12.2. The smallest absolute Gasteiger partial charge is 0.183 e.